The van der Waals surface area contributed by atoms with Crippen molar-refractivity contribution in [2.24, 2.45) is 0 Å². The Balaban J connectivity index is 1.65. The van der Waals surface area contributed by atoms with Crippen LogP contribution in [0.2, 0.25) is 10.0 Å². The number of anilines is 1. The molecule has 3 rings (SSSR count). The molecule has 13 heteroatoms. The fourth-order valence-electron chi connectivity index (χ4n) is 2.33. The van der Waals surface area contributed by atoms with Gasteiger partial charge in [-0.25, -0.2) is 9.67 Å². The van der Waals surface area contributed by atoms with Crippen molar-refractivity contribution in [3.63, 3.8) is 0 Å². The van der Waals surface area contributed by atoms with Gasteiger partial charge in [0.05, 0.1) is 27.4 Å². The fraction of sp³-hybridized carbons (Fsp3) is 0.200. The Morgan fingerprint density at radius 2 is 2.07 bits per heavy atom. The lowest BCUT2D eigenvalue weighted by atomic mass is 10.2. The molecular formula is C15H12BrCl2N7O3. The van der Waals surface area contributed by atoms with Crippen LogP contribution in [0.15, 0.2) is 29.0 Å². The molecule has 2 aromatic heterocycles. The molecule has 1 N–H and O–H groups in total. The third-order valence-corrected chi connectivity index (χ3v) is 5.37. The van der Waals surface area contributed by atoms with Crippen molar-refractivity contribution in [2.75, 3.05) is 5.32 Å². The molecule has 0 saturated carbocycles. The minimum absolute atomic E-state index is 0.100. The van der Waals surface area contributed by atoms with Crippen molar-refractivity contribution in [3.05, 3.63) is 60.4 Å². The molecule has 146 valence electrons. The van der Waals surface area contributed by atoms with Crippen molar-refractivity contribution in [1.29, 1.82) is 0 Å². The zero-order valence-corrected chi connectivity index (χ0v) is 17.4. The van der Waals surface area contributed by atoms with Gasteiger partial charge in [-0.15, -0.1) is 5.10 Å². The smallest absolute Gasteiger partial charge is 0.358 e. The summed E-state index contributed by atoms with van der Waals surface area (Å²) >= 11 is 15.0. The van der Waals surface area contributed by atoms with E-state index in [-0.39, 0.29) is 22.8 Å². The lowest BCUT2D eigenvalue weighted by molar-refractivity contribution is -0.390. The van der Waals surface area contributed by atoms with Crippen LogP contribution in [0, 0.1) is 17.0 Å². The minimum Gasteiger partial charge on any atom is -0.358 e. The first-order chi connectivity index (χ1) is 13.2. The predicted octanol–water partition coefficient (Wildman–Crippen LogP) is 3.45. The zero-order chi connectivity index (χ0) is 20.4. The topological polar surface area (TPSA) is 121 Å². The van der Waals surface area contributed by atoms with E-state index in [0.29, 0.717) is 22.3 Å². The molecule has 2 heterocycles. The number of nitro groups is 1. The number of hydrogen-bond donors (Lipinski definition) is 1. The van der Waals surface area contributed by atoms with Crippen molar-refractivity contribution in [1.82, 2.24) is 24.5 Å². The summed E-state index contributed by atoms with van der Waals surface area (Å²) in [6.45, 7) is 1.78. The average Bonchev–Trinajstić information content (AvgIpc) is 3.17. The molecule has 3 aromatic rings. The Kier molecular flexibility index (Phi) is 5.96. The van der Waals surface area contributed by atoms with Crippen LogP contribution < -0.4 is 5.32 Å². The fourth-order valence-corrected chi connectivity index (χ4v) is 3.08. The second-order valence-corrected chi connectivity index (χ2v) is 7.31. The molecule has 0 saturated heterocycles. The van der Waals surface area contributed by atoms with Crippen LogP contribution in [0.3, 0.4) is 0 Å². The maximum Gasteiger partial charge on any atom is 0.404 e. The zero-order valence-electron chi connectivity index (χ0n) is 14.3. The highest BCUT2D eigenvalue weighted by Gasteiger charge is 2.24. The molecule has 0 fully saturated rings. The summed E-state index contributed by atoms with van der Waals surface area (Å²) in [5.41, 5.74) is 1.32. The van der Waals surface area contributed by atoms with E-state index in [1.165, 1.54) is 15.7 Å². The lowest BCUT2D eigenvalue weighted by Gasteiger charge is -2.03. The highest BCUT2D eigenvalue weighted by atomic mass is 79.9. The van der Waals surface area contributed by atoms with Gasteiger partial charge in [0.15, 0.2) is 0 Å². The van der Waals surface area contributed by atoms with Gasteiger partial charge >= 0.3 is 5.82 Å². The first-order valence-corrected chi connectivity index (χ1v) is 9.30. The Morgan fingerprint density at radius 3 is 2.71 bits per heavy atom. The maximum absolute atomic E-state index is 12.2. The van der Waals surface area contributed by atoms with Crippen LogP contribution >= 0.6 is 39.1 Å². The highest BCUT2D eigenvalue weighted by Crippen LogP contribution is 2.27. The SMILES string of the molecule is Cc1c(Br)c([N+](=O)[O-])nn1CC(=O)Nc1ncn(Cc2ccc(Cl)c(Cl)c2)n1. The van der Waals surface area contributed by atoms with E-state index in [4.69, 9.17) is 23.2 Å². The van der Waals surface area contributed by atoms with Gasteiger partial charge in [-0.3, -0.25) is 10.1 Å². The monoisotopic (exact) mass is 487 g/mol. The Bertz CT molecular complexity index is 1070. The number of nitrogens with zero attached hydrogens (tertiary/aromatic N) is 6. The number of nitrogens with one attached hydrogen (secondary N) is 1. The Labute approximate surface area is 176 Å². The predicted molar refractivity (Wildman–Crippen MR) is 106 cm³/mol. The number of carbonyl (C=O) groups is 1. The molecule has 0 aliphatic rings. The third kappa shape index (κ3) is 4.49. The van der Waals surface area contributed by atoms with E-state index >= 15 is 0 Å². The quantitative estimate of drug-likeness (QED) is 0.419. The second-order valence-electron chi connectivity index (χ2n) is 5.70. The molecule has 0 bridgehead atoms. The second kappa shape index (κ2) is 8.25. The molecule has 0 unspecified atom stereocenters. The number of rotatable bonds is 6. The van der Waals surface area contributed by atoms with Crippen molar-refractivity contribution in [3.8, 4) is 0 Å². The van der Waals surface area contributed by atoms with Gasteiger partial charge in [0, 0.05) is 0 Å². The average molecular weight is 489 g/mol. The van der Waals surface area contributed by atoms with Crippen molar-refractivity contribution in [2.45, 2.75) is 20.0 Å². The van der Waals surface area contributed by atoms with Gasteiger partial charge in [-0.05, 0) is 45.5 Å². The normalized spacial score (nSPS) is 10.9. The van der Waals surface area contributed by atoms with E-state index < -0.39 is 10.8 Å². The minimum atomic E-state index is -0.627. The Morgan fingerprint density at radius 1 is 1.32 bits per heavy atom. The molecule has 1 aromatic carbocycles. The molecule has 28 heavy (non-hydrogen) atoms. The van der Waals surface area contributed by atoms with Crippen LogP contribution in [-0.2, 0) is 17.9 Å². The standard InChI is InChI=1S/C15H12BrCl2N7O3/c1-8-13(16)14(25(27)28)21-24(8)6-12(26)20-15-19-7-23(22-15)5-9-2-3-10(17)11(18)4-9/h2-4,7H,5-6H2,1H3,(H,20,22,26). The number of benzene rings is 1. The van der Waals surface area contributed by atoms with Gasteiger partial charge in [0.25, 0.3) is 5.91 Å². The Hall–Kier alpha value is -2.50. The molecule has 0 aliphatic heterocycles. The molecule has 1 amide bonds. The number of halogens is 3. The summed E-state index contributed by atoms with van der Waals surface area (Å²) in [6.07, 6.45) is 1.46. The molecule has 10 nitrogen and oxygen atoms in total. The van der Waals surface area contributed by atoms with Gasteiger partial charge < -0.3 is 10.1 Å². The van der Waals surface area contributed by atoms with E-state index in [1.807, 2.05) is 0 Å². The van der Waals surface area contributed by atoms with Gasteiger partial charge in [-0.2, -0.15) is 4.68 Å². The number of amides is 1. The summed E-state index contributed by atoms with van der Waals surface area (Å²) in [6, 6.07) is 5.21. The summed E-state index contributed by atoms with van der Waals surface area (Å²) < 4.78 is 2.98. The number of carbonyl (C=O) groups excluding carboxylic acids is 1. The van der Waals surface area contributed by atoms with Gasteiger partial charge in [-0.1, -0.05) is 29.3 Å². The third-order valence-electron chi connectivity index (χ3n) is 3.70. The lowest BCUT2D eigenvalue weighted by Crippen LogP contribution is -2.21. The van der Waals surface area contributed by atoms with E-state index in [9.17, 15) is 14.9 Å². The number of hydrogen-bond acceptors (Lipinski definition) is 6. The molecule has 0 aliphatic carbocycles. The van der Waals surface area contributed by atoms with Crippen LogP contribution in [0.1, 0.15) is 11.3 Å². The van der Waals surface area contributed by atoms with Crippen LogP contribution in [-0.4, -0.2) is 35.4 Å². The summed E-state index contributed by atoms with van der Waals surface area (Å²) in [5.74, 6) is -0.724. The summed E-state index contributed by atoms with van der Waals surface area (Å²) in [5, 5.41) is 22.3. The molecular weight excluding hydrogens is 477 g/mol. The number of aromatic nitrogens is 5. The maximum atomic E-state index is 12.2. The van der Waals surface area contributed by atoms with Crippen molar-refractivity contribution >= 4 is 56.8 Å². The summed E-state index contributed by atoms with van der Waals surface area (Å²) in [7, 11) is 0. The van der Waals surface area contributed by atoms with Crippen LogP contribution in [0.5, 0.6) is 0 Å². The molecule has 0 atom stereocenters. The first kappa shape index (κ1) is 20.2. The molecule has 0 radical (unpaired) electrons. The highest BCUT2D eigenvalue weighted by molar-refractivity contribution is 9.10. The molecule has 0 spiro atoms. The van der Waals surface area contributed by atoms with Gasteiger partial charge in [0.1, 0.15) is 17.3 Å². The van der Waals surface area contributed by atoms with Crippen molar-refractivity contribution < 1.29 is 9.72 Å². The van der Waals surface area contributed by atoms with Gasteiger partial charge in [0.2, 0.25) is 5.95 Å². The van der Waals surface area contributed by atoms with E-state index in [2.05, 4.69) is 36.4 Å². The largest absolute Gasteiger partial charge is 0.404 e. The first-order valence-electron chi connectivity index (χ1n) is 7.75. The van der Waals surface area contributed by atoms with Crippen LogP contribution in [0.25, 0.3) is 0 Å². The van der Waals surface area contributed by atoms with E-state index in [0.717, 1.165) is 5.56 Å². The van der Waals surface area contributed by atoms with E-state index in [1.54, 1.807) is 25.1 Å². The summed E-state index contributed by atoms with van der Waals surface area (Å²) in [4.78, 5) is 26.5. The van der Waals surface area contributed by atoms with Crippen LogP contribution in [0.4, 0.5) is 11.8 Å².